The van der Waals surface area contributed by atoms with Gasteiger partial charge >= 0.3 is 0 Å². The smallest absolute Gasteiger partial charge is 0.106 e. The van der Waals surface area contributed by atoms with Crippen molar-refractivity contribution in [2.24, 2.45) is 11.7 Å². The van der Waals surface area contributed by atoms with Crippen LogP contribution in [0.5, 0.6) is 0 Å². The molecule has 2 rings (SSSR count). The lowest BCUT2D eigenvalue weighted by Crippen LogP contribution is -2.34. The van der Waals surface area contributed by atoms with Gasteiger partial charge in [0.05, 0.1) is 0 Å². The fourth-order valence-electron chi connectivity index (χ4n) is 2.23. The van der Waals surface area contributed by atoms with Crippen LogP contribution in [0.15, 0.2) is 18.2 Å². The quantitative estimate of drug-likeness (QED) is 0.790. The Kier molecular flexibility index (Phi) is 3.15. The summed E-state index contributed by atoms with van der Waals surface area (Å²) in [6.07, 6.45) is 2.48. The molecule has 1 aromatic rings. The van der Waals surface area contributed by atoms with Crippen LogP contribution < -0.4 is 11.1 Å². The number of hydrogen-bond donors (Lipinski definition) is 2. The van der Waals surface area contributed by atoms with Crippen molar-refractivity contribution in [3.63, 3.8) is 0 Å². The van der Waals surface area contributed by atoms with Crippen LogP contribution in [0.25, 0.3) is 0 Å². The zero-order valence-electron chi connectivity index (χ0n) is 9.79. The Morgan fingerprint density at radius 2 is 2.12 bits per heavy atom. The molecule has 1 aliphatic carbocycles. The van der Waals surface area contributed by atoms with E-state index >= 15 is 0 Å². The van der Waals surface area contributed by atoms with E-state index in [9.17, 15) is 0 Å². The Morgan fingerprint density at radius 3 is 2.69 bits per heavy atom. The van der Waals surface area contributed by atoms with Gasteiger partial charge < -0.3 is 11.1 Å². The predicted octanol–water partition coefficient (Wildman–Crippen LogP) is 2.84. The fraction of sp³-hybridized carbons (Fsp3) is 0.462. The van der Waals surface area contributed by atoms with E-state index in [0.717, 1.165) is 17.2 Å². The zero-order valence-corrected chi connectivity index (χ0v) is 10.6. The molecule has 0 bridgehead atoms. The summed E-state index contributed by atoms with van der Waals surface area (Å²) in [4.78, 5) is 0.467. The van der Waals surface area contributed by atoms with Crippen LogP contribution in [-0.4, -0.2) is 11.0 Å². The van der Waals surface area contributed by atoms with E-state index in [1.165, 1.54) is 18.4 Å². The molecular formula is C13H18N2S. The average Bonchev–Trinajstić information content (AvgIpc) is 2.15. The van der Waals surface area contributed by atoms with E-state index in [1.54, 1.807) is 0 Å². The summed E-state index contributed by atoms with van der Waals surface area (Å²) in [5, 5.41) is 3.53. The van der Waals surface area contributed by atoms with E-state index in [2.05, 4.69) is 25.2 Å². The average molecular weight is 234 g/mol. The summed E-state index contributed by atoms with van der Waals surface area (Å²) in [5.74, 6) is 0.843. The van der Waals surface area contributed by atoms with Crippen LogP contribution in [0.2, 0.25) is 0 Å². The molecule has 0 spiro atoms. The van der Waals surface area contributed by atoms with Crippen molar-refractivity contribution in [2.75, 3.05) is 5.32 Å². The molecule has 16 heavy (non-hydrogen) atoms. The largest absolute Gasteiger partial charge is 0.389 e. The van der Waals surface area contributed by atoms with Crippen LogP contribution in [0, 0.1) is 12.8 Å². The minimum absolute atomic E-state index is 0.467. The molecule has 1 aliphatic rings. The van der Waals surface area contributed by atoms with Crippen molar-refractivity contribution in [3.05, 3.63) is 29.3 Å². The summed E-state index contributed by atoms with van der Waals surface area (Å²) in [6.45, 7) is 4.36. The lowest BCUT2D eigenvalue weighted by Gasteiger charge is -2.34. The third-order valence-corrected chi connectivity index (χ3v) is 3.39. The number of benzene rings is 1. The molecule has 0 saturated heterocycles. The first-order valence-corrected chi connectivity index (χ1v) is 6.14. The van der Waals surface area contributed by atoms with Crippen molar-refractivity contribution in [3.8, 4) is 0 Å². The second-order valence-electron chi connectivity index (χ2n) is 4.83. The van der Waals surface area contributed by atoms with Gasteiger partial charge in [-0.3, -0.25) is 0 Å². The molecule has 3 heteroatoms. The van der Waals surface area contributed by atoms with Crippen LogP contribution in [0.3, 0.4) is 0 Å². The molecule has 0 aliphatic heterocycles. The highest BCUT2D eigenvalue weighted by atomic mass is 32.1. The Balaban J connectivity index is 2.17. The maximum Gasteiger partial charge on any atom is 0.106 e. The maximum absolute atomic E-state index is 5.72. The number of hydrogen-bond acceptors (Lipinski definition) is 2. The van der Waals surface area contributed by atoms with Gasteiger partial charge in [0, 0.05) is 17.3 Å². The van der Waals surface area contributed by atoms with Crippen molar-refractivity contribution >= 4 is 22.9 Å². The maximum atomic E-state index is 5.72. The van der Waals surface area contributed by atoms with Crippen molar-refractivity contribution in [1.29, 1.82) is 0 Å². The van der Waals surface area contributed by atoms with Gasteiger partial charge in [0.25, 0.3) is 0 Å². The fourth-order valence-corrected chi connectivity index (χ4v) is 2.41. The topological polar surface area (TPSA) is 38.0 Å². The van der Waals surface area contributed by atoms with Gasteiger partial charge in [-0.25, -0.2) is 0 Å². The standard InChI is InChI=1S/C13H18N2S/c1-8-3-4-11(13(14)16)12(7-8)15-10-5-9(2)6-10/h3-4,7,9-10,15H,5-6H2,1-2H3,(H2,14,16). The minimum atomic E-state index is 0.467. The van der Waals surface area contributed by atoms with Gasteiger partial charge in [-0.15, -0.1) is 0 Å². The molecule has 0 atom stereocenters. The van der Waals surface area contributed by atoms with Gasteiger partial charge in [-0.2, -0.15) is 0 Å². The molecule has 3 N–H and O–H groups in total. The van der Waals surface area contributed by atoms with E-state index in [0.29, 0.717) is 11.0 Å². The van der Waals surface area contributed by atoms with Gasteiger partial charge in [-0.05, 0) is 43.4 Å². The lowest BCUT2D eigenvalue weighted by atomic mass is 9.81. The van der Waals surface area contributed by atoms with Crippen molar-refractivity contribution in [2.45, 2.75) is 32.7 Å². The molecule has 1 fully saturated rings. The number of rotatable bonds is 3. The first kappa shape index (κ1) is 11.4. The summed E-state index contributed by atoms with van der Waals surface area (Å²) >= 11 is 5.06. The zero-order chi connectivity index (χ0) is 11.7. The molecular weight excluding hydrogens is 216 g/mol. The van der Waals surface area contributed by atoms with Gasteiger partial charge in [0.15, 0.2) is 0 Å². The first-order chi connectivity index (χ1) is 7.56. The number of anilines is 1. The Bertz CT molecular complexity index is 408. The molecule has 0 radical (unpaired) electrons. The molecule has 86 valence electrons. The van der Waals surface area contributed by atoms with Crippen molar-refractivity contribution < 1.29 is 0 Å². The highest BCUT2D eigenvalue weighted by Gasteiger charge is 2.25. The molecule has 1 aromatic carbocycles. The third kappa shape index (κ3) is 2.35. The summed E-state index contributed by atoms with van der Waals surface area (Å²) in [5.41, 5.74) is 9.00. The number of nitrogens with one attached hydrogen (secondary N) is 1. The first-order valence-electron chi connectivity index (χ1n) is 5.73. The van der Waals surface area contributed by atoms with Crippen LogP contribution in [-0.2, 0) is 0 Å². The van der Waals surface area contributed by atoms with E-state index < -0.39 is 0 Å². The van der Waals surface area contributed by atoms with Gasteiger partial charge in [-0.1, -0.05) is 25.2 Å². The SMILES string of the molecule is Cc1ccc(C(N)=S)c(NC2CC(C)C2)c1. The van der Waals surface area contributed by atoms with Crippen LogP contribution in [0.4, 0.5) is 5.69 Å². The van der Waals surface area contributed by atoms with Gasteiger partial charge in [0.1, 0.15) is 4.99 Å². The highest BCUT2D eigenvalue weighted by Crippen LogP contribution is 2.30. The third-order valence-electron chi connectivity index (χ3n) is 3.17. The summed E-state index contributed by atoms with van der Waals surface area (Å²) < 4.78 is 0. The molecule has 0 heterocycles. The second-order valence-corrected chi connectivity index (χ2v) is 5.27. The lowest BCUT2D eigenvalue weighted by molar-refractivity contribution is 0.309. The number of thiocarbonyl (C=S) groups is 1. The summed E-state index contributed by atoms with van der Waals surface area (Å²) in [6, 6.07) is 6.76. The van der Waals surface area contributed by atoms with E-state index in [-0.39, 0.29) is 0 Å². The van der Waals surface area contributed by atoms with Crippen molar-refractivity contribution in [1.82, 2.24) is 0 Å². The second kappa shape index (κ2) is 4.42. The Labute approximate surface area is 102 Å². The van der Waals surface area contributed by atoms with Crippen LogP contribution in [0.1, 0.15) is 30.9 Å². The molecule has 2 nitrogen and oxygen atoms in total. The highest BCUT2D eigenvalue weighted by molar-refractivity contribution is 7.80. The normalized spacial score (nSPS) is 23.6. The molecule has 1 saturated carbocycles. The number of aryl methyl sites for hydroxylation is 1. The molecule has 0 unspecified atom stereocenters. The van der Waals surface area contributed by atoms with Gasteiger partial charge in [0.2, 0.25) is 0 Å². The monoisotopic (exact) mass is 234 g/mol. The minimum Gasteiger partial charge on any atom is -0.389 e. The Hall–Kier alpha value is -1.09. The van der Waals surface area contributed by atoms with E-state index in [1.807, 2.05) is 12.1 Å². The van der Waals surface area contributed by atoms with E-state index in [4.69, 9.17) is 18.0 Å². The summed E-state index contributed by atoms with van der Waals surface area (Å²) in [7, 11) is 0. The van der Waals surface area contributed by atoms with Crippen LogP contribution >= 0.6 is 12.2 Å². The molecule has 0 amide bonds. The number of nitrogens with two attached hydrogens (primary N) is 1. The Morgan fingerprint density at radius 1 is 1.44 bits per heavy atom. The molecule has 0 aromatic heterocycles. The predicted molar refractivity (Wildman–Crippen MR) is 72.9 cm³/mol.